The van der Waals surface area contributed by atoms with Gasteiger partial charge >= 0.3 is 0 Å². The van der Waals surface area contributed by atoms with Crippen molar-refractivity contribution < 1.29 is 4.74 Å². The van der Waals surface area contributed by atoms with E-state index in [1.54, 1.807) is 11.3 Å². The van der Waals surface area contributed by atoms with E-state index >= 15 is 0 Å². The van der Waals surface area contributed by atoms with Gasteiger partial charge in [-0.2, -0.15) is 0 Å². The predicted octanol–water partition coefficient (Wildman–Crippen LogP) is 1.96. The highest BCUT2D eigenvalue weighted by Gasteiger charge is 2.23. The number of hydrogen-bond acceptors (Lipinski definition) is 4. The molecule has 1 aliphatic heterocycles. The van der Waals surface area contributed by atoms with Crippen LogP contribution in [-0.2, 0) is 4.74 Å². The fourth-order valence-corrected chi connectivity index (χ4v) is 3.47. The fraction of sp³-hybridized carbons (Fsp3) is 0.556. The van der Waals surface area contributed by atoms with Crippen molar-refractivity contribution in [2.75, 3.05) is 13.2 Å². The zero-order chi connectivity index (χ0) is 9.10. The Bertz CT molecular complexity index is 250. The minimum Gasteiger partial charge on any atom is -0.380 e. The zero-order valence-electron chi connectivity index (χ0n) is 7.31. The van der Waals surface area contributed by atoms with Crippen LogP contribution >= 0.6 is 23.1 Å². The molecule has 2 unspecified atom stereocenters. The quantitative estimate of drug-likeness (QED) is 0.819. The van der Waals surface area contributed by atoms with Crippen LogP contribution in [0.1, 0.15) is 6.42 Å². The Morgan fingerprint density at radius 2 is 2.54 bits per heavy atom. The zero-order valence-corrected chi connectivity index (χ0v) is 8.94. The predicted molar refractivity (Wildman–Crippen MR) is 57.4 cm³/mol. The first-order valence-electron chi connectivity index (χ1n) is 4.40. The first kappa shape index (κ1) is 9.52. The number of rotatable bonds is 2. The summed E-state index contributed by atoms with van der Waals surface area (Å²) in [6.45, 7) is 1.62. The standard InChI is InChI=1S/C9H13NOS2/c10-7-3-4-11-6-8(7)13-9-2-1-5-12-9/h1-2,5,7-8H,3-4,6,10H2. The van der Waals surface area contributed by atoms with Gasteiger partial charge in [0.1, 0.15) is 0 Å². The number of hydrogen-bond donors (Lipinski definition) is 1. The Balaban J connectivity index is 1.93. The van der Waals surface area contributed by atoms with E-state index in [9.17, 15) is 0 Å². The van der Waals surface area contributed by atoms with Crippen LogP contribution in [0.25, 0.3) is 0 Å². The number of thioether (sulfide) groups is 1. The van der Waals surface area contributed by atoms with Gasteiger partial charge in [-0.1, -0.05) is 6.07 Å². The first-order valence-corrected chi connectivity index (χ1v) is 6.15. The summed E-state index contributed by atoms with van der Waals surface area (Å²) in [6.07, 6.45) is 0.989. The molecule has 72 valence electrons. The van der Waals surface area contributed by atoms with Crippen LogP contribution in [0.5, 0.6) is 0 Å². The van der Waals surface area contributed by atoms with Gasteiger partial charge in [-0.05, 0) is 17.9 Å². The van der Waals surface area contributed by atoms with Crippen molar-refractivity contribution in [1.29, 1.82) is 0 Å². The topological polar surface area (TPSA) is 35.2 Å². The van der Waals surface area contributed by atoms with E-state index in [2.05, 4.69) is 17.5 Å². The van der Waals surface area contributed by atoms with Crippen molar-refractivity contribution in [1.82, 2.24) is 0 Å². The summed E-state index contributed by atoms with van der Waals surface area (Å²) < 4.78 is 6.74. The van der Waals surface area contributed by atoms with Crippen molar-refractivity contribution in [3.63, 3.8) is 0 Å². The SMILES string of the molecule is NC1CCOCC1Sc1cccs1. The molecule has 1 fully saturated rings. The average Bonchev–Trinajstić information content (AvgIpc) is 2.61. The molecule has 1 saturated heterocycles. The van der Waals surface area contributed by atoms with Crippen LogP contribution in [-0.4, -0.2) is 24.5 Å². The molecule has 1 aromatic heterocycles. The lowest BCUT2D eigenvalue weighted by Crippen LogP contribution is -2.40. The van der Waals surface area contributed by atoms with Crippen molar-refractivity contribution in [3.05, 3.63) is 17.5 Å². The first-order chi connectivity index (χ1) is 6.36. The molecule has 1 aliphatic rings. The lowest BCUT2D eigenvalue weighted by Gasteiger charge is -2.27. The van der Waals surface area contributed by atoms with Gasteiger partial charge in [0, 0.05) is 17.9 Å². The van der Waals surface area contributed by atoms with Gasteiger partial charge in [-0.15, -0.1) is 23.1 Å². The fourth-order valence-electron chi connectivity index (χ4n) is 1.33. The summed E-state index contributed by atoms with van der Waals surface area (Å²) in [4.78, 5) is 0. The van der Waals surface area contributed by atoms with E-state index in [0.717, 1.165) is 19.6 Å². The maximum absolute atomic E-state index is 6.00. The molecular formula is C9H13NOS2. The average molecular weight is 215 g/mol. The molecule has 2 nitrogen and oxygen atoms in total. The van der Waals surface area contributed by atoms with E-state index < -0.39 is 0 Å². The summed E-state index contributed by atoms with van der Waals surface area (Å²) in [7, 11) is 0. The smallest absolute Gasteiger partial charge is 0.0603 e. The lowest BCUT2D eigenvalue weighted by molar-refractivity contribution is 0.0916. The molecule has 0 aliphatic carbocycles. The second kappa shape index (κ2) is 4.46. The van der Waals surface area contributed by atoms with Gasteiger partial charge in [-0.25, -0.2) is 0 Å². The highest BCUT2D eigenvalue weighted by Crippen LogP contribution is 2.31. The Hall–Kier alpha value is -0.0300. The molecule has 4 heteroatoms. The molecule has 0 amide bonds. The third-order valence-electron chi connectivity index (χ3n) is 2.12. The molecule has 2 heterocycles. The van der Waals surface area contributed by atoms with Crippen molar-refractivity contribution in [2.45, 2.75) is 21.9 Å². The number of ether oxygens (including phenoxy) is 1. The lowest BCUT2D eigenvalue weighted by atomic mass is 10.1. The highest BCUT2D eigenvalue weighted by atomic mass is 32.2. The Labute approximate surface area is 86.5 Å². The van der Waals surface area contributed by atoms with Crippen molar-refractivity contribution in [2.24, 2.45) is 5.73 Å². The van der Waals surface area contributed by atoms with Crippen molar-refractivity contribution in [3.8, 4) is 0 Å². The van der Waals surface area contributed by atoms with Crippen LogP contribution in [0, 0.1) is 0 Å². The van der Waals surface area contributed by atoms with E-state index in [1.165, 1.54) is 4.21 Å². The molecule has 0 spiro atoms. The minimum atomic E-state index is 0.292. The normalized spacial score (nSPS) is 29.0. The van der Waals surface area contributed by atoms with Gasteiger partial charge in [0.25, 0.3) is 0 Å². The molecule has 0 bridgehead atoms. The van der Waals surface area contributed by atoms with E-state index in [4.69, 9.17) is 10.5 Å². The molecular weight excluding hydrogens is 202 g/mol. The number of nitrogens with two attached hydrogens (primary N) is 1. The van der Waals surface area contributed by atoms with Gasteiger partial charge in [0.15, 0.2) is 0 Å². The van der Waals surface area contributed by atoms with Crippen LogP contribution in [0.4, 0.5) is 0 Å². The number of thiophene rings is 1. The summed E-state index contributed by atoms with van der Waals surface area (Å²) in [5, 5.41) is 2.53. The van der Waals surface area contributed by atoms with Crippen LogP contribution in [0.15, 0.2) is 21.7 Å². The Morgan fingerprint density at radius 3 is 3.23 bits per heavy atom. The van der Waals surface area contributed by atoms with E-state index in [1.807, 2.05) is 11.8 Å². The molecule has 0 saturated carbocycles. The van der Waals surface area contributed by atoms with E-state index in [-0.39, 0.29) is 0 Å². The maximum atomic E-state index is 6.00. The third-order valence-corrected chi connectivity index (χ3v) is 4.51. The summed E-state index contributed by atoms with van der Waals surface area (Å²) in [5.41, 5.74) is 6.00. The summed E-state index contributed by atoms with van der Waals surface area (Å²) in [6, 6.07) is 4.50. The van der Waals surface area contributed by atoms with Gasteiger partial charge in [-0.3, -0.25) is 0 Å². The van der Waals surface area contributed by atoms with E-state index in [0.29, 0.717) is 11.3 Å². The minimum absolute atomic E-state index is 0.292. The molecule has 0 aromatic carbocycles. The molecule has 13 heavy (non-hydrogen) atoms. The summed E-state index contributed by atoms with van der Waals surface area (Å²) in [5.74, 6) is 0. The van der Waals surface area contributed by atoms with Crippen LogP contribution < -0.4 is 5.73 Å². The van der Waals surface area contributed by atoms with Crippen LogP contribution in [0.3, 0.4) is 0 Å². The molecule has 1 aromatic rings. The van der Waals surface area contributed by atoms with Crippen molar-refractivity contribution >= 4 is 23.1 Å². The molecule has 2 rings (SSSR count). The highest BCUT2D eigenvalue weighted by molar-refractivity contribution is 8.01. The van der Waals surface area contributed by atoms with Gasteiger partial charge in [0.2, 0.25) is 0 Å². The van der Waals surface area contributed by atoms with Gasteiger partial charge < -0.3 is 10.5 Å². The monoisotopic (exact) mass is 215 g/mol. The second-order valence-electron chi connectivity index (χ2n) is 3.12. The van der Waals surface area contributed by atoms with Gasteiger partial charge in [0.05, 0.1) is 10.8 Å². The third kappa shape index (κ3) is 2.47. The molecule has 2 atom stereocenters. The Morgan fingerprint density at radius 1 is 1.62 bits per heavy atom. The maximum Gasteiger partial charge on any atom is 0.0603 e. The second-order valence-corrected chi connectivity index (χ2v) is 5.60. The Kier molecular flexibility index (Phi) is 3.27. The largest absolute Gasteiger partial charge is 0.380 e. The molecule has 2 N–H and O–H groups in total. The molecule has 0 radical (unpaired) electrons. The summed E-state index contributed by atoms with van der Waals surface area (Å²) >= 11 is 3.62. The van der Waals surface area contributed by atoms with Crippen LogP contribution in [0.2, 0.25) is 0 Å².